The summed E-state index contributed by atoms with van der Waals surface area (Å²) in [5.74, 6) is 0.685. The molecule has 2 aliphatic heterocycles. The number of fused-ring (bicyclic) bond motifs is 5. The maximum atomic E-state index is 14.8. The van der Waals surface area contributed by atoms with Crippen molar-refractivity contribution in [2.75, 3.05) is 34.9 Å². The molecule has 0 amide bonds. The molecular weight excluding hydrogens is 711 g/mol. The highest BCUT2D eigenvalue weighted by Crippen LogP contribution is 2.54. The number of allylic oxidation sites excluding steroid dienone is 5. The summed E-state index contributed by atoms with van der Waals surface area (Å²) in [5.41, 5.74) is 0.796. The van der Waals surface area contributed by atoms with Gasteiger partial charge in [0.1, 0.15) is 24.4 Å². The Kier molecular flexibility index (Phi) is 15.5. The van der Waals surface area contributed by atoms with Gasteiger partial charge in [0.2, 0.25) is 0 Å². The molecule has 2 saturated heterocycles. The van der Waals surface area contributed by atoms with Gasteiger partial charge in [-0.15, -0.1) is 0 Å². The standard InChI is InChI=1S/C46H73NO9/c1-10-12-14-31-15-13-16-40(54-32-18-20-39(27(3)22-32)47(6)21-11-2)28(4)42(49)38-25-36-34(37(38)26-41(48)55-31)19-17-30-23-33(24-35(30)36)56-46-45(52-9)44(51-8)43(50-7)29(5)53-46/h12,14,17,19,25,27-37,39-40,43-46H,10-11,13,15-16,18,20-24,26H2,1-9H3/b14-12+/t27-,28+,29-,30?,31?,32-,33+,34?,35?,36?,37?,39-,40-,43-,44+,45+,46-/m0/s1. The number of methoxy groups -OCH3 is 3. The Balaban J connectivity index is 1.21. The Hall–Kier alpha value is -1.92. The van der Waals surface area contributed by atoms with Crippen LogP contribution >= 0.6 is 0 Å². The summed E-state index contributed by atoms with van der Waals surface area (Å²) < 4.78 is 43.7. The predicted molar refractivity (Wildman–Crippen MR) is 216 cm³/mol. The van der Waals surface area contributed by atoms with Crippen molar-refractivity contribution in [2.24, 2.45) is 41.4 Å². The van der Waals surface area contributed by atoms with Gasteiger partial charge < -0.3 is 38.1 Å². The fourth-order valence-corrected chi connectivity index (χ4v) is 11.5. The van der Waals surface area contributed by atoms with Crippen LogP contribution in [0.3, 0.4) is 0 Å². The SMILES string of the molecule is CC/C=C/C1CCC[C@H](O[C@H]2CC[C@H](N(C)CCC)[C@@H](C)C2)[C@@H](C)C(=O)C2=CC3C(C=CC4C[C@@H](O[C@@H]5O[C@@H](C)[C@H](OC)[C@@H](OC)[C@H]5OC)CC43)C2CC(=O)O1. The third-order valence-corrected chi connectivity index (χ3v) is 14.3. The number of ether oxygens (including phenoxy) is 7. The van der Waals surface area contributed by atoms with E-state index in [1.807, 2.05) is 6.92 Å². The summed E-state index contributed by atoms with van der Waals surface area (Å²) in [5, 5.41) is 0. The molecule has 0 spiro atoms. The largest absolute Gasteiger partial charge is 0.458 e. The summed E-state index contributed by atoms with van der Waals surface area (Å²) >= 11 is 0. The van der Waals surface area contributed by atoms with Crippen molar-refractivity contribution in [1.29, 1.82) is 0 Å². The zero-order valence-electron chi connectivity index (χ0n) is 35.8. The molecule has 316 valence electrons. The molecule has 10 heteroatoms. The van der Waals surface area contributed by atoms with Gasteiger partial charge in [0.15, 0.2) is 12.1 Å². The third-order valence-electron chi connectivity index (χ3n) is 14.3. The number of rotatable bonds is 12. The molecular formula is C46H73NO9. The first-order valence-electron chi connectivity index (χ1n) is 22.1. The van der Waals surface area contributed by atoms with Crippen LogP contribution in [0.4, 0.5) is 0 Å². The monoisotopic (exact) mass is 784 g/mol. The quantitative estimate of drug-likeness (QED) is 0.146. The molecule has 10 nitrogen and oxygen atoms in total. The summed E-state index contributed by atoms with van der Waals surface area (Å²) in [6.07, 6.45) is 18.2. The number of carbonyl (C=O) groups is 2. The van der Waals surface area contributed by atoms with E-state index in [1.54, 1.807) is 21.3 Å². The molecule has 6 rings (SSSR count). The molecule has 2 saturated carbocycles. The molecule has 6 unspecified atom stereocenters. The molecule has 4 aliphatic carbocycles. The Bertz CT molecular complexity index is 1400. The number of cyclic esters (lactones) is 1. The van der Waals surface area contributed by atoms with Crippen LogP contribution in [0.1, 0.15) is 105 Å². The fourth-order valence-electron chi connectivity index (χ4n) is 11.5. The molecule has 0 aromatic carbocycles. The van der Waals surface area contributed by atoms with Gasteiger partial charge in [-0.05, 0) is 126 Å². The van der Waals surface area contributed by atoms with Gasteiger partial charge in [0.05, 0.1) is 30.8 Å². The molecule has 0 bridgehead atoms. The van der Waals surface area contributed by atoms with E-state index in [4.69, 9.17) is 33.2 Å². The van der Waals surface area contributed by atoms with Crippen LogP contribution < -0.4 is 0 Å². The van der Waals surface area contributed by atoms with Crippen molar-refractivity contribution >= 4 is 11.8 Å². The highest BCUT2D eigenvalue weighted by atomic mass is 16.7. The lowest BCUT2D eigenvalue weighted by molar-refractivity contribution is -0.314. The van der Waals surface area contributed by atoms with Gasteiger partial charge in [-0.1, -0.05) is 52.0 Å². The van der Waals surface area contributed by atoms with Crippen molar-refractivity contribution in [3.8, 4) is 0 Å². The van der Waals surface area contributed by atoms with E-state index in [0.29, 0.717) is 17.9 Å². The molecule has 0 radical (unpaired) electrons. The summed E-state index contributed by atoms with van der Waals surface area (Å²) in [6.45, 7) is 11.9. The molecule has 0 N–H and O–H groups in total. The first-order chi connectivity index (χ1) is 27.0. The minimum absolute atomic E-state index is 0.0485. The second-order valence-corrected chi connectivity index (χ2v) is 17.9. The van der Waals surface area contributed by atoms with Gasteiger partial charge in [-0.2, -0.15) is 0 Å². The number of Topliss-reactive ketones (excluding diaryl/α,β-unsaturated/α-hetero) is 1. The van der Waals surface area contributed by atoms with Gasteiger partial charge >= 0.3 is 5.97 Å². The highest BCUT2D eigenvalue weighted by Gasteiger charge is 2.52. The average Bonchev–Trinajstić information content (AvgIpc) is 3.76. The average molecular weight is 784 g/mol. The number of hydrogen-bond donors (Lipinski definition) is 0. The van der Waals surface area contributed by atoms with E-state index < -0.39 is 12.4 Å². The number of nitrogens with zero attached hydrogens (tertiary/aromatic N) is 1. The topological polar surface area (TPSA) is 102 Å². The molecule has 0 aromatic heterocycles. The zero-order chi connectivity index (χ0) is 40.1. The van der Waals surface area contributed by atoms with Gasteiger partial charge in [-0.3, -0.25) is 9.59 Å². The van der Waals surface area contributed by atoms with Gasteiger partial charge in [0.25, 0.3) is 0 Å². The Labute approximate surface area is 337 Å². The van der Waals surface area contributed by atoms with Crippen LogP contribution in [-0.2, 0) is 42.7 Å². The van der Waals surface area contributed by atoms with Crippen molar-refractivity contribution in [3.63, 3.8) is 0 Å². The first-order valence-corrected chi connectivity index (χ1v) is 22.1. The van der Waals surface area contributed by atoms with Crippen molar-refractivity contribution < 1.29 is 42.7 Å². The maximum Gasteiger partial charge on any atom is 0.307 e. The predicted octanol–water partition coefficient (Wildman–Crippen LogP) is 7.49. The minimum atomic E-state index is -0.590. The fraction of sp³-hybridized carbons (Fsp3) is 0.826. The van der Waals surface area contributed by atoms with Crippen LogP contribution in [0, 0.1) is 41.4 Å². The summed E-state index contributed by atoms with van der Waals surface area (Å²) in [4.78, 5) is 31.1. The van der Waals surface area contributed by atoms with Crippen LogP contribution in [0.25, 0.3) is 0 Å². The lowest BCUT2D eigenvalue weighted by Gasteiger charge is -2.44. The number of hydrogen-bond acceptors (Lipinski definition) is 10. The van der Waals surface area contributed by atoms with E-state index >= 15 is 0 Å². The van der Waals surface area contributed by atoms with E-state index in [9.17, 15) is 9.59 Å². The smallest absolute Gasteiger partial charge is 0.307 e. The van der Waals surface area contributed by atoms with E-state index in [-0.39, 0.29) is 90.5 Å². The molecule has 4 fully saturated rings. The van der Waals surface area contributed by atoms with E-state index in [1.165, 1.54) is 0 Å². The van der Waals surface area contributed by atoms with Crippen molar-refractivity contribution in [2.45, 2.75) is 166 Å². The van der Waals surface area contributed by atoms with Gasteiger partial charge in [0, 0.05) is 39.2 Å². The molecule has 56 heavy (non-hydrogen) atoms. The first kappa shape index (κ1) is 43.7. The van der Waals surface area contributed by atoms with Crippen LogP contribution in [0.15, 0.2) is 36.0 Å². The Morgan fingerprint density at radius 3 is 2.32 bits per heavy atom. The molecule has 2 heterocycles. The normalized spacial score (nSPS) is 43.5. The number of esters is 1. The van der Waals surface area contributed by atoms with Crippen LogP contribution in [-0.4, -0.2) is 113 Å². The number of carbonyl (C=O) groups excluding carboxylic acids is 2. The zero-order valence-corrected chi connectivity index (χ0v) is 35.8. The second kappa shape index (κ2) is 19.9. The molecule has 0 aromatic rings. The van der Waals surface area contributed by atoms with E-state index in [2.05, 4.69) is 70.0 Å². The molecule has 6 aliphatic rings. The second-order valence-electron chi connectivity index (χ2n) is 17.9. The number of ketones is 1. The Morgan fingerprint density at radius 2 is 1.62 bits per heavy atom. The maximum absolute atomic E-state index is 14.8. The van der Waals surface area contributed by atoms with Crippen LogP contribution in [0.2, 0.25) is 0 Å². The van der Waals surface area contributed by atoms with Crippen molar-refractivity contribution in [1.82, 2.24) is 4.90 Å². The summed E-state index contributed by atoms with van der Waals surface area (Å²) in [7, 11) is 7.25. The molecule has 17 atom stereocenters. The van der Waals surface area contributed by atoms with E-state index in [0.717, 1.165) is 76.3 Å². The Morgan fingerprint density at radius 1 is 0.857 bits per heavy atom. The third kappa shape index (κ3) is 9.58. The lowest BCUT2D eigenvalue weighted by atomic mass is 9.70. The lowest BCUT2D eigenvalue weighted by Crippen LogP contribution is -2.59. The minimum Gasteiger partial charge on any atom is -0.458 e. The van der Waals surface area contributed by atoms with Gasteiger partial charge in [-0.25, -0.2) is 0 Å². The summed E-state index contributed by atoms with van der Waals surface area (Å²) in [6, 6.07) is 0.571. The van der Waals surface area contributed by atoms with Crippen molar-refractivity contribution in [3.05, 3.63) is 36.0 Å². The van der Waals surface area contributed by atoms with Crippen LogP contribution in [0.5, 0.6) is 0 Å². The highest BCUT2D eigenvalue weighted by molar-refractivity contribution is 5.99.